The predicted molar refractivity (Wildman–Crippen MR) is 131 cm³/mol. The number of nitrogens with one attached hydrogen (secondary N) is 1. The van der Waals surface area contributed by atoms with Gasteiger partial charge in [0.25, 0.3) is 5.91 Å². The van der Waals surface area contributed by atoms with Gasteiger partial charge in [0.1, 0.15) is 18.4 Å². The van der Waals surface area contributed by atoms with Crippen molar-refractivity contribution in [3.8, 4) is 11.4 Å². The van der Waals surface area contributed by atoms with E-state index in [-0.39, 0.29) is 36.0 Å². The molecule has 1 atom stereocenters. The molecule has 1 heterocycles. The molecule has 3 aromatic rings. The number of amides is 2. The molecular formula is C25H28ClFN6O2. The van der Waals surface area contributed by atoms with Gasteiger partial charge in [-0.25, -0.2) is 4.39 Å². The summed E-state index contributed by atoms with van der Waals surface area (Å²) in [5, 5.41) is 15.9. The molecule has 0 saturated heterocycles. The van der Waals surface area contributed by atoms with Crippen LogP contribution in [0, 0.1) is 5.82 Å². The molecule has 0 aliphatic heterocycles. The number of hydrogen-bond acceptors (Lipinski definition) is 5. The van der Waals surface area contributed by atoms with Crippen LogP contribution in [0.4, 0.5) is 10.1 Å². The van der Waals surface area contributed by atoms with Gasteiger partial charge in [0.15, 0.2) is 0 Å². The molecule has 1 N–H and O–H groups in total. The van der Waals surface area contributed by atoms with E-state index < -0.39 is 6.04 Å². The van der Waals surface area contributed by atoms with Crippen LogP contribution in [-0.2, 0) is 16.1 Å². The van der Waals surface area contributed by atoms with Crippen molar-refractivity contribution in [1.82, 2.24) is 25.5 Å². The third-order valence-corrected chi connectivity index (χ3v) is 6.34. The van der Waals surface area contributed by atoms with E-state index >= 15 is 0 Å². The minimum absolute atomic E-state index is 0.138. The van der Waals surface area contributed by atoms with Crippen LogP contribution in [0.3, 0.4) is 0 Å². The molecular weight excluding hydrogens is 471 g/mol. The van der Waals surface area contributed by atoms with Crippen LogP contribution in [-0.4, -0.2) is 44.1 Å². The Balaban J connectivity index is 1.58. The van der Waals surface area contributed by atoms with Crippen molar-refractivity contribution in [3.63, 3.8) is 0 Å². The maximum absolute atomic E-state index is 13.6. The molecule has 184 valence electrons. The van der Waals surface area contributed by atoms with Gasteiger partial charge in [-0.3, -0.25) is 14.5 Å². The molecule has 2 amide bonds. The molecule has 1 aromatic heterocycles. The maximum atomic E-state index is 13.6. The van der Waals surface area contributed by atoms with Crippen molar-refractivity contribution in [2.45, 2.75) is 64.1 Å². The fourth-order valence-corrected chi connectivity index (χ4v) is 4.47. The first-order valence-corrected chi connectivity index (χ1v) is 12.2. The lowest BCUT2D eigenvalue weighted by Gasteiger charge is -2.31. The van der Waals surface area contributed by atoms with Gasteiger partial charge in [-0.1, -0.05) is 37.8 Å². The molecule has 4 rings (SSSR count). The summed E-state index contributed by atoms with van der Waals surface area (Å²) >= 11 is 6.07. The van der Waals surface area contributed by atoms with Crippen LogP contribution in [0.2, 0.25) is 5.02 Å². The molecule has 2 aromatic carbocycles. The zero-order valence-corrected chi connectivity index (χ0v) is 20.3. The maximum Gasteiger partial charge on any atom is 0.251 e. The van der Waals surface area contributed by atoms with E-state index in [9.17, 15) is 14.0 Å². The van der Waals surface area contributed by atoms with E-state index in [1.165, 1.54) is 21.8 Å². The quantitative estimate of drug-likeness (QED) is 0.472. The van der Waals surface area contributed by atoms with Crippen LogP contribution in [0.1, 0.15) is 45.4 Å². The monoisotopic (exact) mass is 498 g/mol. The number of carbonyl (C=O) groups is 2. The average Bonchev–Trinajstić information content (AvgIpc) is 3.53. The zero-order chi connectivity index (χ0) is 24.8. The van der Waals surface area contributed by atoms with E-state index in [2.05, 4.69) is 20.7 Å². The number of rotatable bonds is 9. The Morgan fingerprint density at radius 3 is 2.49 bits per heavy atom. The van der Waals surface area contributed by atoms with E-state index in [1.54, 1.807) is 36.4 Å². The van der Waals surface area contributed by atoms with Crippen molar-refractivity contribution in [2.75, 3.05) is 4.90 Å². The number of tetrazole rings is 1. The highest BCUT2D eigenvalue weighted by molar-refractivity contribution is 6.30. The molecule has 1 aliphatic carbocycles. The predicted octanol–water partition coefficient (Wildman–Crippen LogP) is 4.39. The summed E-state index contributed by atoms with van der Waals surface area (Å²) in [4.78, 5) is 29.6. The summed E-state index contributed by atoms with van der Waals surface area (Å²) < 4.78 is 13.2. The number of nitrogens with zero attached hydrogens (tertiary/aromatic N) is 5. The molecule has 1 unspecified atom stereocenters. The third kappa shape index (κ3) is 6.22. The van der Waals surface area contributed by atoms with Crippen molar-refractivity contribution in [3.05, 3.63) is 59.4 Å². The van der Waals surface area contributed by atoms with Gasteiger partial charge in [-0.2, -0.15) is 4.80 Å². The van der Waals surface area contributed by atoms with E-state index in [0.29, 0.717) is 22.7 Å². The molecule has 1 fully saturated rings. The largest absolute Gasteiger partial charge is 0.352 e. The lowest BCUT2D eigenvalue weighted by molar-refractivity contribution is -0.127. The smallest absolute Gasteiger partial charge is 0.251 e. The van der Waals surface area contributed by atoms with Crippen molar-refractivity contribution >= 4 is 29.1 Å². The van der Waals surface area contributed by atoms with Gasteiger partial charge in [0.2, 0.25) is 11.7 Å². The SMILES string of the molecule is CCCC(C(=O)NC1CCCC1)N(C(=O)Cn1nnc(-c2ccc(F)cc2)n1)c1ccc(Cl)cc1. The second-order valence-corrected chi connectivity index (χ2v) is 9.12. The molecule has 35 heavy (non-hydrogen) atoms. The van der Waals surface area contributed by atoms with Crippen LogP contribution in [0.5, 0.6) is 0 Å². The first-order chi connectivity index (χ1) is 16.9. The number of halogens is 2. The standard InChI is InChI=1S/C25H28ClFN6O2/c1-2-5-22(25(35)28-20-6-3-4-7-20)33(21-14-10-18(26)11-15-21)23(34)16-32-30-24(29-31-32)17-8-12-19(27)13-9-17/h8-15,20,22H,2-7,16H2,1H3,(H,28,35). The first kappa shape index (κ1) is 24.8. The topological polar surface area (TPSA) is 93.0 Å². The summed E-state index contributed by atoms with van der Waals surface area (Å²) in [6.07, 6.45) is 5.31. The van der Waals surface area contributed by atoms with Crippen molar-refractivity contribution in [2.24, 2.45) is 0 Å². The fourth-order valence-electron chi connectivity index (χ4n) is 4.34. The number of anilines is 1. The number of benzene rings is 2. The molecule has 0 radical (unpaired) electrons. The van der Waals surface area contributed by atoms with Gasteiger partial charge in [-0.05, 0) is 73.0 Å². The highest BCUT2D eigenvalue weighted by Gasteiger charge is 2.32. The van der Waals surface area contributed by atoms with E-state index in [1.807, 2.05) is 6.92 Å². The minimum Gasteiger partial charge on any atom is -0.352 e. The van der Waals surface area contributed by atoms with Crippen LogP contribution in [0.15, 0.2) is 48.5 Å². The molecule has 8 nitrogen and oxygen atoms in total. The highest BCUT2D eigenvalue weighted by Crippen LogP contribution is 2.24. The number of hydrogen-bond donors (Lipinski definition) is 1. The van der Waals surface area contributed by atoms with Gasteiger partial charge in [0.05, 0.1) is 0 Å². The highest BCUT2D eigenvalue weighted by atomic mass is 35.5. The van der Waals surface area contributed by atoms with Gasteiger partial charge in [0, 0.05) is 22.3 Å². The third-order valence-electron chi connectivity index (χ3n) is 6.08. The minimum atomic E-state index is -0.686. The van der Waals surface area contributed by atoms with Crippen LogP contribution in [0.25, 0.3) is 11.4 Å². The Morgan fingerprint density at radius 2 is 1.83 bits per heavy atom. The molecule has 1 aliphatic rings. The Bertz CT molecular complexity index is 1150. The van der Waals surface area contributed by atoms with E-state index in [0.717, 1.165) is 32.1 Å². The summed E-state index contributed by atoms with van der Waals surface area (Å²) in [5.74, 6) is -0.608. The molecule has 0 spiro atoms. The summed E-state index contributed by atoms with van der Waals surface area (Å²) in [6.45, 7) is 1.77. The van der Waals surface area contributed by atoms with Crippen molar-refractivity contribution < 1.29 is 14.0 Å². The Morgan fingerprint density at radius 1 is 1.14 bits per heavy atom. The normalized spacial score (nSPS) is 14.6. The number of carbonyl (C=O) groups excluding carboxylic acids is 2. The molecule has 0 bridgehead atoms. The molecule has 1 saturated carbocycles. The van der Waals surface area contributed by atoms with Gasteiger partial charge < -0.3 is 5.32 Å². The fraction of sp³-hybridized carbons (Fsp3) is 0.400. The van der Waals surface area contributed by atoms with Crippen LogP contribution >= 0.6 is 11.6 Å². The summed E-state index contributed by atoms with van der Waals surface area (Å²) in [7, 11) is 0. The first-order valence-electron chi connectivity index (χ1n) is 11.9. The Kier molecular flexibility index (Phi) is 8.07. The Hall–Kier alpha value is -3.33. The van der Waals surface area contributed by atoms with Gasteiger partial charge >= 0.3 is 0 Å². The van der Waals surface area contributed by atoms with E-state index in [4.69, 9.17) is 11.6 Å². The van der Waals surface area contributed by atoms with Crippen molar-refractivity contribution in [1.29, 1.82) is 0 Å². The molecule has 10 heteroatoms. The average molecular weight is 499 g/mol. The summed E-state index contributed by atoms with van der Waals surface area (Å²) in [6, 6.07) is 12.0. The second kappa shape index (κ2) is 11.4. The lowest BCUT2D eigenvalue weighted by Crippen LogP contribution is -2.52. The van der Waals surface area contributed by atoms with Crippen LogP contribution < -0.4 is 10.2 Å². The Labute approximate surface area is 208 Å². The zero-order valence-electron chi connectivity index (χ0n) is 19.5. The second-order valence-electron chi connectivity index (χ2n) is 8.68. The summed E-state index contributed by atoms with van der Waals surface area (Å²) in [5.41, 5.74) is 1.15. The number of aromatic nitrogens is 4. The van der Waals surface area contributed by atoms with Gasteiger partial charge in [-0.15, -0.1) is 10.2 Å². The lowest BCUT2D eigenvalue weighted by atomic mass is 10.1.